The molecule has 2 heterocycles. The first-order chi connectivity index (χ1) is 8.65. The van der Waals surface area contributed by atoms with Crippen molar-refractivity contribution < 1.29 is 0 Å². The topological polar surface area (TPSA) is 34.4 Å². The van der Waals surface area contributed by atoms with E-state index in [1.807, 2.05) is 43.5 Å². The van der Waals surface area contributed by atoms with E-state index in [-0.39, 0.29) is 5.56 Å². The van der Waals surface area contributed by atoms with Crippen LogP contribution in [0.5, 0.6) is 0 Å². The van der Waals surface area contributed by atoms with Crippen molar-refractivity contribution in [1.82, 2.24) is 9.38 Å². The molecule has 0 atom stereocenters. The molecule has 18 heavy (non-hydrogen) atoms. The van der Waals surface area contributed by atoms with Gasteiger partial charge in [-0.1, -0.05) is 29.8 Å². The number of rotatable bonds is 1. The second-order valence-corrected chi connectivity index (χ2v) is 5.18. The van der Waals surface area contributed by atoms with Gasteiger partial charge in [0.1, 0.15) is 0 Å². The fourth-order valence-electron chi connectivity index (χ4n) is 1.95. The second-order valence-electron chi connectivity index (χ2n) is 4.34. The number of aromatic nitrogens is 2. The predicted octanol–water partition coefficient (Wildman–Crippen LogP) is 3.04. The van der Waals surface area contributed by atoms with Crippen molar-refractivity contribution in [1.29, 1.82) is 0 Å². The smallest absolute Gasteiger partial charge is 0.259 e. The molecule has 0 spiro atoms. The summed E-state index contributed by atoms with van der Waals surface area (Å²) in [4.78, 5) is 17.2. The molecule has 3 rings (SSSR count). The quantitative estimate of drug-likeness (QED) is 0.670. The predicted molar refractivity (Wildman–Crippen MR) is 74.2 cm³/mol. The van der Waals surface area contributed by atoms with Crippen molar-refractivity contribution in [2.45, 2.75) is 13.8 Å². The van der Waals surface area contributed by atoms with Crippen molar-refractivity contribution in [2.24, 2.45) is 0 Å². The Morgan fingerprint density at radius 2 is 1.89 bits per heavy atom. The first-order valence-corrected chi connectivity index (χ1v) is 6.58. The molecule has 0 aliphatic carbocycles. The Morgan fingerprint density at radius 1 is 1.17 bits per heavy atom. The van der Waals surface area contributed by atoms with Gasteiger partial charge in [-0.2, -0.15) is 0 Å². The van der Waals surface area contributed by atoms with Gasteiger partial charge in [-0.15, -0.1) is 11.3 Å². The Balaban J connectivity index is 2.30. The van der Waals surface area contributed by atoms with Crippen LogP contribution >= 0.6 is 11.3 Å². The van der Waals surface area contributed by atoms with E-state index in [9.17, 15) is 4.79 Å². The van der Waals surface area contributed by atoms with Crippen molar-refractivity contribution in [3.05, 3.63) is 57.3 Å². The van der Waals surface area contributed by atoms with Crippen LogP contribution in [0, 0.1) is 13.8 Å². The summed E-state index contributed by atoms with van der Waals surface area (Å²) in [7, 11) is 0. The third-order valence-electron chi connectivity index (χ3n) is 2.88. The second kappa shape index (κ2) is 4.07. The molecular formula is C14H12N2OS. The van der Waals surface area contributed by atoms with Crippen LogP contribution in [0.15, 0.2) is 40.5 Å². The molecule has 0 bridgehead atoms. The lowest BCUT2D eigenvalue weighted by molar-refractivity contribution is 1.05. The molecule has 0 radical (unpaired) electrons. The van der Waals surface area contributed by atoms with Gasteiger partial charge < -0.3 is 0 Å². The highest BCUT2D eigenvalue weighted by Crippen LogP contribution is 2.24. The van der Waals surface area contributed by atoms with Gasteiger partial charge >= 0.3 is 0 Å². The van der Waals surface area contributed by atoms with Gasteiger partial charge in [-0.3, -0.25) is 9.20 Å². The molecule has 0 aliphatic rings. The van der Waals surface area contributed by atoms with E-state index >= 15 is 0 Å². The van der Waals surface area contributed by atoms with Gasteiger partial charge in [0.2, 0.25) is 0 Å². The third-order valence-corrected chi connectivity index (χ3v) is 3.71. The number of benzene rings is 1. The van der Waals surface area contributed by atoms with Gasteiger partial charge in [-0.05, 0) is 19.4 Å². The zero-order valence-electron chi connectivity index (χ0n) is 10.2. The maximum atomic E-state index is 12.1. The van der Waals surface area contributed by atoms with E-state index in [0.29, 0.717) is 0 Å². The van der Waals surface area contributed by atoms with Crippen molar-refractivity contribution in [3.8, 4) is 11.3 Å². The molecule has 0 amide bonds. The highest BCUT2D eigenvalue weighted by Gasteiger charge is 2.09. The van der Waals surface area contributed by atoms with Gasteiger partial charge in [0.15, 0.2) is 4.96 Å². The molecule has 1 aromatic carbocycles. The fourth-order valence-corrected chi connectivity index (χ4v) is 2.90. The summed E-state index contributed by atoms with van der Waals surface area (Å²) in [5.74, 6) is 0. The van der Waals surface area contributed by atoms with E-state index in [2.05, 4.69) is 4.98 Å². The van der Waals surface area contributed by atoms with Crippen LogP contribution < -0.4 is 5.56 Å². The van der Waals surface area contributed by atoms with Crippen molar-refractivity contribution in [2.75, 3.05) is 0 Å². The van der Waals surface area contributed by atoms with Gasteiger partial charge in [-0.25, -0.2) is 4.98 Å². The minimum atomic E-state index is -0.0191. The Morgan fingerprint density at radius 3 is 2.61 bits per heavy atom. The molecule has 0 unspecified atom stereocenters. The molecule has 3 aromatic rings. The van der Waals surface area contributed by atoms with E-state index in [1.165, 1.54) is 16.9 Å². The summed E-state index contributed by atoms with van der Waals surface area (Å²) < 4.78 is 1.67. The summed E-state index contributed by atoms with van der Waals surface area (Å²) in [6.45, 7) is 3.89. The normalized spacial score (nSPS) is 11.0. The minimum Gasteiger partial charge on any atom is -0.269 e. The Hall–Kier alpha value is -1.94. The highest BCUT2D eigenvalue weighted by atomic mass is 32.1. The number of nitrogens with zero attached hydrogens (tertiary/aromatic N) is 2. The van der Waals surface area contributed by atoms with Gasteiger partial charge in [0.25, 0.3) is 5.56 Å². The largest absolute Gasteiger partial charge is 0.269 e. The van der Waals surface area contributed by atoms with Crippen LogP contribution in [0.2, 0.25) is 0 Å². The molecule has 3 nitrogen and oxygen atoms in total. The summed E-state index contributed by atoms with van der Waals surface area (Å²) in [6, 6.07) is 9.72. The van der Waals surface area contributed by atoms with Crippen LogP contribution in [0.4, 0.5) is 0 Å². The summed E-state index contributed by atoms with van der Waals surface area (Å²) in [5.41, 5.74) is 3.90. The summed E-state index contributed by atoms with van der Waals surface area (Å²) in [6.07, 6.45) is 0. The maximum Gasteiger partial charge on any atom is 0.259 e. The van der Waals surface area contributed by atoms with E-state index in [1.54, 1.807) is 10.5 Å². The SMILES string of the molecule is Cc1ccc(-c2csc3nc(C)cc(=O)n23)cc1. The molecule has 0 saturated carbocycles. The lowest BCUT2D eigenvalue weighted by Crippen LogP contribution is -2.13. The van der Waals surface area contributed by atoms with Crippen molar-refractivity contribution >= 4 is 16.3 Å². The molecule has 0 fully saturated rings. The summed E-state index contributed by atoms with van der Waals surface area (Å²) in [5, 5.41) is 1.98. The zero-order chi connectivity index (χ0) is 12.7. The van der Waals surface area contributed by atoms with Crippen LogP contribution in [0.1, 0.15) is 11.3 Å². The van der Waals surface area contributed by atoms with E-state index < -0.39 is 0 Å². The average Bonchev–Trinajstić information content (AvgIpc) is 2.74. The highest BCUT2D eigenvalue weighted by molar-refractivity contribution is 7.15. The standard InChI is InChI=1S/C14H12N2OS/c1-9-3-5-11(6-4-9)12-8-18-14-15-10(2)7-13(17)16(12)14/h3-8H,1-2H3. The number of hydrogen-bond acceptors (Lipinski definition) is 3. The van der Waals surface area contributed by atoms with Crippen molar-refractivity contribution in [3.63, 3.8) is 0 Å². The first-order valence-electron chi connectivity index (χ1n) is 5.70. The number of hydrogen-bond donors (Lipinski definition) is 0. The molecule has 4 heteroatoms. The Labute approximate surface area is 108 Å². The van der Waals surface area contributed by atoms with Crippen LogP contribution in [-0.2, 0) is 0 Å². The zero-order valence-corrected chi connectivity index (χ0v) is 11.0. The first kappa shape index (κ1) is 11.2. The molecule has 0 saturated heterocycles. The van der Waals surface area contributed by atoms with Crippen LogP contribution in [0.3, 0.4) is 0 Å². The van der Waals surface area contributed by atoms with Crippen LogP contribution in [0.25, 0.3) is 16.2 Å². The average molecular weight is 256 g/mol. The maximum absolute atomic E-state index is 12.1. The van der Waals surface area contributed by atoms with E-state index in [0.717, 1.165) is 21.9 Å². The molecule has 0 aliphatic heterocycles. The minimum absolute atomic E-state index is 0.0191. The fraction of sp³-hybridized carbons (Fsp3) is 0.143. The lowest BCUT2D eigenvalue weighted by Gasteiger charge is -2.02. The number of aryl methyl sites for hydroxylation is 2. The third kappa shape index (κ3) is 1.75. The number of fused-ring (bicyclic) bond motifs is 1. The van der Waals surface area contributed by atoms with Gasteiger partial charge in [0.05, 0.1) is 5.69 Å². The molecule has 90 valence electrons. The molecule has 0 N–H and O–H groups in total. The number of thiazole rings is 1. The lowest BCUT2D eigenvalue weighted by atomic mass is 10.1. The Bertz CT molecular complexity index is 769. The van der Waals surface area contributed by atoms with E-state index in [4.69, 9.17) is 0 Å². The monoisotopic (exact) mass is 256 g/mol. The molecule has 2 aromatic heterocycles. The summed E-state index contributed by atoms with van der Waals surface area (Å²) >= 11 is 1.49. The molecular weight excluding hydrogens is 244 g/mol. The van der Waals surface area contributed by atoms with Gasteiger partial charge in [0, 0.05) is 17.1 Å². The Kier molecular flexibility index (Phi) is 2.52. The van der Waals surface area contributed by atoms with Crippen LogP contribution in [-0.4, -0.2) is 9.38 Å².